The zero-order valence-electron chi connectivity index (χ0n) is 15.3. The summed E-state index contributed by atoms with van der Waals surface area (Å²) in [7, 11) is 0. The summed E-state index contributed by atoms with van der Waals surface area (Å²) in [5.41, 5.74) is 3.01. The van der Waals surface area contributed by atoms with Gasteiger partial charge in [0.25, 0.3) is 5.91 Å². The Bertz CT molecular complexity index is 719. The fourth-order valence-corrected chi connectivity index (χ4v) is 3.14. The van der Waals surface area contributed by atoms with E-state index in [0.717, 1.165) is 12.2 Å². The van der Waals surface area contributed by atoms with Crippen molar-refractivity contribution in [1.82, 2.24) is 10.6 Å². The smallest absolute Gasteiger partial charge is 0.251 e. The van der Waals surface area contributed by atoms with Crippen LogP contribution < -0.4 is 10.6 Å². The van der Waals surface area contributed by atoms with Crippen molar-refractivity contribution in [2.45, 2.75) is 25.8 Å². The van der Waals surface area contributed by atoms with Crippen molar-refractivity contribution in [2.75, 3.05) is 18.6 Å². The van der Waals surface area contributed by atoms with Crippen LogP contribution in [0.1, 0.15) is 27.9 Å². The Balaban J connectivity index is 1.91. The predicted octanol–water partition coefficient (Wildman–Crippen LogP) is 3.21. The molecule has 0 fully saturated rings. The van der Waals surface area contributed by atoms with Gasteiger partial charge in [-0.1, -0.05) is 42.5 Å². The van der Waals surface area contributed by atoms with E-state index in [2.05, 4.69) is 29.7 Å². The average molecular weight is 371 g/mol. The fraction of sp³-hybridized carbons (Fsp3) is 0.333. The van der Waals surface area contributed by atoms with Crippen molar-refractivity contribution in [3.8, 4) is 0 Å². The summed E-state index contributed by atoms with van der Waals surface area (Å²) >= 11 is 1.66. The van der Waals surface area contributed by atoms with Crippen LogP contribution in [-0.2, 0) is 11.2 Å². The van der Waals surface area contributed by atoms with E-state index in [4.69, 9.17) is 0 Å². The lowest BCUT2D eigenvalue weighted by atomic mass is 10.1. The quantitative estimate of drug-likeness (QED) is 0.713. The molecule has 2 amide bonds. The molecular weight excluding hydrogens is 344 g/mol. The molecule has 0 aromatic heterocycles. The number of rotatable bonds is 9. The van der Waals surface area contributed by atoms with Gasteiger partial charge in [0.05, 0.1) is 0 Å². The van der Waals surface area contributed by atoms with Crippen LogP contribution in [0.25, 0.3) is 0 Å². The van der Waals surface area contributed by atoms with Gasteiger partial charge < -0.3 is 10.6 Å². The van der Waals surface area contributed by atoms with Crippen molar-refractivity contribution < 1.29 is 9.59 Å². The van der Waals surface area contributed by atoms with Crippen molar-refractivity contribution in [1.29, 1.82) is 0 Å². The summed E-state index contributed by atoms with van der Waals surface area (Å²) < 4.78 is 0. The number of benzene rings is 2. The molecule has 0 aliphatic rings. The maximum Gasteiger partial charge on any atom is 0.251 e. The minimum atomic E-state index is -0.521. The molecule has 0 heterocycles. The molecule has 0 radical (unpaired) electrons. The monoisotopic (exact) mass is 370 g/mol. The highest BCUT2D eigenvalue weighted by molar-refractivity contribution is 7.98. The number of amides is 2. The molecule has 0 saturated heterocycles. The second-order valence-electron chi connectivity index (χ2n) is 6.14. The molecule has 2 N–H and O–H groups in total. The maximum atomic E-state index is 12.6. The molecule has 1 atom stereocenters. The van der Waals surface area contributed by atoms with Gasteiger partial charge in [0.2, 0.25) is 5.91 Å². The van der Waals surface area contributed by atoms with Gasteiger partial charge in [-0.3, -0.25) is 9.59 Å². The molecule has 4 nitrogen and oxygen atoms in total. The van der Waals surface area contributed by atoms with E-state index in [-0.39, 0.29) is 11.8 Å². The normalized spacial score (nSPS) is 11.6. The van der Waals surface area contributed by atoms with Crippen LogP contribution in [0.4, 0.5) is 0 Å². The number of hydrogen-bond donors (Lipinski definition) is 2. The predicted molar refractivity (Wildman–Crippen MR) is 109 cm³/mol. The SMILES string of the molecule is CSCCC(NC(=O)c1ccccc1)C(=O)NCCc1ccccc1C. The topological polar surface area (TPSA) is 58.2 Å². The van der Waals surface area contributed by atoms with Crippen LogP contribution in [0.5, 0.6) is 0 Å². The molecule has 0 aliphatic carbocycles. The van der Waals surface area contributed by atoms with Gasteiger partial charge in [-0.25, -0.2) is 0 Å². The van der Waals surface area contributed by atoms with Crippen molar-refractivity contribution >= 4 is 23.6 Å². The Hall–Kier alpha value is -2.27. The maximum absolute atomic E-state index is 12.6. The van der Waals surface area contributed by atoms with Gasteiger partial charge in [0.1, 0.15) is 6.04 Å². The Kier molecular flexibility index (Phi) is 8.22. The van der Waals surface area contributed by atoms with E-state index in [1.807, 2.05) is 36.6 Å². The van der Waals surface area contributed by atoms with E-state index < -0.39 is 6.04 Å². The Labute approximate surface area is 159 Å². The number of hydrogen-bond acceptors (Lipinski definition) is 3. The molecule has 0 spiro atoms. The summed E-state index contributed by atoms with van der Waals surface area (Å²) in [4.78, 5) is 24.9. The number of nitrogens with one attached hydrogen (secondary N) is 2. The fourth-order valence-electron chi connectivity index (χ4n) is 2.67. The van der Waals surface area contributed by atoms with Crippen LogP contribution in [0, 0.1) is 6.92 Å². The third kappa shape index (κ3) is 6.23. The molecule has 0 bridgehead atoms. The number of carbonyl (C=O) groups excluding carboxylic acids is 2. The summed E-state index contributed by atoms with van der Waals surface area (Å²) in [6, 6.07) is 16.6. The van der Waals surface area contributed by atoms with Gasteiger partial charge >= 0.3 is 0 Å². The number of carbonyl (C=O) groups is 2. The molecule has 0 saturated carbocycles. The summed E-state index contributed by atoms with van der Waals surface area (Å²) in [6.45, 7) is 2.62. The first-order chi connectivity index (χ1) is 12.6. The molecule has 138 valence electrons. The first-order valence-electron chi connectivity index (χ1n) is 8.79. The molecule has 2 rings (SSSR count). The van der Waals surface area contributed by atoms with Crippen molar-refractivity contribution in [3.05, 3.63) is 71.3 Å². The molecule has 1 unspecified atom stereocenters. The summed E-state index contributed by atoms with van der Waals surface area (Å²) in [5.74, 6) is 0.466. The molecule has 0 aliphatic heterocycles. The van der Waals surface area contributed by atoms with Gasteiger partial charge in [-0.05, 0) is 55.0 Å². The first kappa shape index (κ1) is 20.0. The van der Waals surface area contributed by atoms with Gasteiger partial charge in [0.15, 0.2) is 0 Å². The third-order valence-corrected chi connectivity index (χ3v) is 4.87. The molecule has 2 aromatic carbocycles. The van der Waals surface area contributed by atoms with Crippen LogP contribution >= 0.6 is 11.8 Å². The Morgan fingerprint density at radius 3 is 2.42 bits per heavy atom. The van der Waals surface area contributed by atoms with Crippen LogP contribution in [-0.4, -0.2) is 36.4 Å². The zero-order valence-corrected chi connectivity index (χ0v) is 16.1. The number of aryl methyl sites for hydroxylation is 1. The van der Waals surface area contributed by atoms with Gasteiger partial charge in [0, 0.05) is 12.1 Å². The molecule has 5 heteroatoms. The Morgan fingerprint density at radius 1 is 1.04 bits per heavy atom. The van der Waals surface area contributed by atoms with Crippen LogP contribution in [0.2, 0.25) is 0 Å². The summed E-state index contributed by atoms with van der Waals surface area (Å²) in [6.07, 6.45) is 3.38. The highest BCUT2D eigenvalue weighted by atomic mass is 32.2. The zero-order chi connectivity index (χ0) is 18.8. The lowest BCUT2D eigenvalue weighted by Crippen LogP contribution is -2.47. The minimum Gasteiger partial charge on any atom is -0.354 e. The van der Waals surface area contributed by atoms with Gasteiger partial charge in [-0.2, -0.15) is 11.8 Å². The number of thioether (sulfide) groups is 1. The summed E-state index contributed by atoms with van der Waals surface area (Å²) in [5, 5.41) is 5.82. The van der Waals surface area contributed by atoms with Crippen molar-refractivity contribution in [2.24, 2.45) is 0 Å². The lowest BCUT2D eigenvalue weighted by molar-refractivity contribution is -0.122. The third-order valence-electron chi connectivity index (χ3n) is 4.22. The Morgan fingerprint density at radius 2 is 1.73 bits per heavy atom. The largest absolute Gasteiger partial charge is 0.354 e. The van der Waals surface area contributed by atoms with E-state index in [1.165, 1.54) is 11.1 Å². The highest BCUT2D eigenvalue weighted by Crippen LogP contribution is 2.08. The molecule has 2 aromatic rings. The molecular formula is C21H26N2O2S. The van der Waals surface area contributed by atoms with Crippen molar-refractivity contribution in [3.63, 3.8) is 0 Å². The average Bonchev–Trinajstić information content (AvgIpc) is 2.67. The van der Waals surface area contributed by atoms with E-state index in [9.17, 15) is 9.59 Å². The van der Waals surface area contributed by atoms with E-state index in [1.54, 1.807) is 23.9 Å². The second-order valence-corrected chi connectivity index (χ2v) is 7.13. The van der Waals surface area contributed by atoms with Crippen LogP contribution in [0.3, 0.4) is 0 Å². The van der Waals surface area contributed by atoms with E-state index in [0.29, 0.717) is 18.5 Å². The molecule has 26 heavy (non-hydrogen) atoms. The van der Waals surface area contributed by atoms with Gasteiger partial charge in [-0.15, -0.1) is 0 Å². The standard InChI is InChI=1S/C21H26N2O2S/c1-16-8-6-7-9-17(16)12-14-22-21(25)19(13-15-26-2)23-20(24)18-10-4-3-5-11-18/h3-11,19H,12-15H2,1-2H3,(H,22,25)(H,23,24). The highest BCUT2D eigenvalue weighted by Gasteiger charge is 2.20. The van der Waals surface area contributed by atoms with Crippen LogP contribution in [0.15, 0.2) is 54.6 Å². The lowest BCUT2D eigenvalue weighted by Gasteiger charge is -2.18. The van der Waals surface area contributed by atoms with E-state index >= 15 is 0 Å². The first-order valence-corrected chi connectivity index (χ1v) is 10.2. The second kappa shape index (κ2) is 10.7. The minimum absolute atomic E-state index is 0.128.